The molecule has 1 aromatic carbocycles. The average molecular weight is 243 g/mol. The largest absolute Gasteiger partial charge is 0.367 e. The van der Waals surface area contributed by atoms with Crippen molar-refractivity contribution in [3.63, 3.8) is 0 Å². The van der Waals surface area contributed by atoms with E-state index in [0.717, 1.165) is 22.9 Å². The van der Waals surface area contributed by atoms with E-state index in [1.807, 2.05) is 43.6 Å². The second-order valence-corrected chi connectivity index (χ2v) is 4.81. The van der Waals surface area contributed by atoms with Crippen LogP contribution in [0.3, 0.4) is 0 Å². The predicted octanol–water partition coefficient (Wildman–Crippen LogP) is 2.96. The number of aromatic nitrogens is 1. The van der Waals surface area contributed by atoms with Gasteiger partial charge in [0.2, 0.25) is 0 Å². The van der Waals surface area contributed by atoms with Gasteiger partial charge in [-0.1, -0.05) is 12.1 Å². The predicted molar refractivity (Wildman–Crippen MR) is 70.1 cm³/mol. The van der Waals surface area contributed by atoms with E-state index in [4.69, 9.17) is 5.26 Å². The second-order valence-electron chi connectivity index (χ2n) is 3.87. The Morgan fingerprint density at radius 1 is 1.41 bits per heavy atom. The number of anilines is 1. The summed E-state index contributed by atoms with van der Waals surface area (Å²) in [5.41, 5.74) is 2.69. The number of thiazole rings is 1. The van der Waals surface area contributed by atoms with Gasteiger partial charge in [-0.2, -0.15) is 5.26 Å². The summed E-state index contributed by atoms with van der Waals surface area (Å²) in [7, 11) is 1.98. The van der Waals surface area contributed by atoms with Gasteiger partial charge >= 0.3 is 0 Å². The van der Waals surface area contributed by atoms with Gasteiger partial charge in [-0.3, -0.25) is 0 Å². The fraction of sp³-hybridized carbons (Fsp3) is 0.231. The lowest BCUT2D eigenvalue weighted by Gasteiger charge is -2.18. The molecule has 0 fully saturated rings. The van der Waals surface area contributed by atoms with Crippen LogP contribution in [0.4, 0.5) is 5.69 Å². The van der Waals surface area contributed by atoms with E-state index >= 15 is 0 Å². The molecule has 0 unspecified atom stereocenters. The van der Waals surface area contributed by atoms with E-state index in [9.17, 15) is 0 Å². The highest BCUT2D eigenvalue weighted by atomic mass is 32.1. The topological polar surface area (TPSA) is 39.9 Å². The molecule has 0 N–H and O–H groups in total. The van der Waals surface area contributed by atoms with Crippen molar-refractivity contribution in [2.24, 2.45) is 0 Å². The number of benzene rings is 1. The van der Waals surface area contributed by atoms with E-state index in [2.05, 4.69) is 16.0 Å². The monoisotopic (exact) mass is 243 g/mol. The summed E-state index contributed by atoms with van der Waals surface area (Å²) in [6.45, 7) is 2.72. The van der Waals surface area contributed by atoms with Crippen molar-refractivity contribution < 1.29 is 0 Å². The first-order chi connectivity index (χ1) is 8.20. The zero-order valence-corrected chi connectivity index (χ0v) is 10.7. The van der Waals surface area contributed by atoms with Gasteiger partial charge in [0.05, 0.1) is 17.8 Å². The maximum absolute atomic E-state index is 9.05. The summed E-state index contributed by atoms with van der Waals surface area (Å²) >= 11 is 1.65. The van der Waals surface area contributed by atoms with Gasteiger partial charge < -0.3 is 4.90 Å². The van der Waals surface area contributed by atoms with E-state index < -0.39 is 0 Å². The standard InChI is InChI=1S/C13H13N3S/c1-10-9-17-13(15-10)8-16(2)12-6-4-3-5-11(12)7-14/h3-6,9H,8H2,1-2H3. The SMILES string of the molecule is Cc1csc(CN(C)c2ccccc2C#N)n1. The molecule has 2 aromatic rings. The van der Waals surface area contributed by atoms with Gasteiger partial charge in [0, 0.05) is 18.1 Å². The third-order valence-electron chi connectivity index (χ3n) is 2.47. The molecule has 1 heterocycles. The van der Waals surface area contributed by atoms with E-state index in [1.165, 1.54) is 0 Å². The van der Waals surface area contributed by atoms with Crippen LogP contribution >= 0.6 is 11.3 Å². The molecule has 0 atom stereocenters. The molecule has 0 radical (unpaired) electrons. The molecule has 0 spiro atoms. The average Bonchev–Trinajstić information content (AvgIpc) is 2.74. The minimum Gasteiger partial charge on any atom is -0.367 e. The highest BCUT2D eigenvalue weighted by molar-refractivity contribution is 7.09. The number of rotatable bonds is 3. The molecule has 86 valence electrons. The van der Waals surface area contributed by atoms with Crippen molar-refractivity contribution in [2.45, 2.75) is 13.5 Å². The van der Waals surface area contributed by atoms with E-state index in [-0.39, 0.29) is 0 Å². The van der Waals surface area contributed by atoms with Gasteiger partial charge in [0.15, 0.2) is 0 Å². The number of nitriles is 1. The quantitative estimate of drug-likeness (QED) is 0.832. The van der Waals surface area contributed by atoms with Crippen LogP contribution in [0.2, 0.25) is 0 Å². The number of aryl methyl sites for hydroxylation is 1. The molecule has 0 aliphatic heterocycles. The number of nitrogens with zero attached hydrogens (tertiary/aromatic N) is 3. The molecule has 3 nitrogen and oxygen atoms in total. The first kappa shape index (κ1) is 11.6. The molecule has 2 rings (SSSR count). The van der Waals surface area contributed by atoms with Crippen LogP contribution in [0.25, 0.3) is 0 Å². The molecule has 0 amide bonds. The van der Waals surface area contributed by atoms with Crippen LogP contribution in [0.15, 0.2) is 29.6 Å². The highest BCUT2D eigenvalue weighted by Gasteiger charge is 2.08. The molecule has 0 saturated heterocycles. The fourth-order valence-electron chi connectivity index (χ4n) is 1.66. The summed E-state index contributed by atoms with van der Waals surface area (Å²) in [4.78, 5) is 6.48. The van der Waals surface area contributed by atoms with E-state index in [0.29, 0.717) is 5.56 Å². The van der Waals surface area contributed by atoms with Gasteiger partial charge in [-0.05, 0) is 19.1 Å². The zero-order valence-electron chi connectivity index (χ0n) is 9.84. The van der Waals surface area contributed by atoms with Crippen LogP contribution in [0.5, 0.6) is 0 Å². The first-order valence-electron chi connectivity index (χ1n) is 5.32. The fourth-order valence-corrected chi connectivity index (χ4v) is 2.49. The minimum atomic E-state index is 0.697. The van der Waals surface area contributed by atoms with Crippen molar-refractivity contribution in [2.75, 3.05) is 11.9 Å². The van der Waals surface area contributed by atoms with Gasteiger partial charge in [0.25, 0.3) is 0 Å². The number of hydrogen-bond acceptors (Lipinski definition) is 4. The van der Waals surface area contributed by atoms with Crippen molar-refractivity contribution in [3.8, 4) is 6.07 Å². The van der Waals surface area contributed by atoms with E-state index in [1.54, 1.807) is 11.3 Å². The zero-order chi connectivity index (χ0) is 12.3. The maximum Gasteiger partial charge on any atom is 0.112 e. The van der Waals surface area contributed by atoms with Crippen molar-refractivity contribution in [1.29, 1.82) is 5.26 Å². The van der Waals surface area contributed by atoms with Crippen molar-refractivity contribution in [1.82, 2.24) is 4.98 Å². The summed E-state index contributed by atoms with van der Waals surface area (Å²) < 4.78 is 0. The normalized spacial score (nSPS) is 9.94. The molecule has 0 aliphatic carbocycles. The van der Waals surface area contributed by atoms with Gasteiger partial charge in [0.1, 0.15) is 11.1 Å². The van der Waals surface area contributed by atoms with Crippen LogP contribution in [0, 0.1) is 18.3 Å². The lowest BCUT2D eigenvalue weighted by atomic mass is 10.2. The molecule has 0 bridgehead atoms. The smallest absolute Gasteiger partial charge is 0.112 e. The molecule has 0 saturated carbocycles. The maximum atomic E-state index is 9.05. The molecule has 0 aliphatic rings. The molecule has 4 heteroatoms. The first-order valence-corrected chi connectivity index (χ1v) is 6.20. The van der Waals surface area contributed by atoms with Crippen LogP contribution in [0.1, 0.15) is 16.3 Å². The summed E-state index contributed by atoms with van der Waals surface area (Å²) in [6.07, 6.45) is 0. The third kappa shape index (κ3) is 2.63. The van der Waals surface area contributed by atoms with Crippen LogP contribution in [-0.2, 0) is 6.54 Å². The molecular weight excluding hydrogens is 230 g/mol. The molecule has 1 aromatic heterocycles. The Hall–Kier alpha value is -1.86. The Kier molecular flexibility index (Phi) is 3.40. The number of hydrogen-bond donors (Lipinski definition) is 0. The van der Waals surface area contributed by atoms with Crippen molar-refractivity contribution in [3.05, 3.63) is 45.9 Å². The second kappa shape index (κ2) is 4.98. The summed E-state index contributed by atoms with van der Waals surface area (Å²) in [5, 5.41) is 12.2. The minimum absolute atomic E-state index is 0.697. The third-order valence-corrected chi connectivity index (χ3v) is 3.43. The Balaban J connectivity index is 2.20. The number of para-hydroxylation sites is 1. The van der Waals surface area contributed by atoms with Crippen molar-refractivity contribution >= 4 is 17.0 Å². The Morgan fingerprint density at radius 2 is 2.18 bits per heavy atom. The molecular formula is C13H13N3S. The van der Waals surface area contributed by atoms with Gasteiger partial charge in [-0.25, -0.2) is 4.98 Å². The van der Waals surface area contributed by atoms with Crippen LogP contribution < -0.4 is 4.90 Å². The Morgan fingerprint density at radius 3 is 2.82 bits per heavy atom. The highest BCUT2D eigenvalue weighted by Crippen LogP contribution is 2.21. The summed E-state index contributed by atoms with van der Waals surface area (Å²) in [6, 6.07) is 9.82. The molecule has 17 heavy (non-hydrogen) atoms. The Bertz CT molecular complexity index is 554. The van der Waals surface area contributed by atoms with Crippen LogP contribution in [-0.4, -0.2) is 12.0 Å². The van der Waals surface area contributed by atoms with Gasteiger partial charge in [-0.15, -0.1) is 11.3 Å². The lowest BCUT2D eigenvalue weighted by molar-refractivity contribution is 0.903. The lowest BCUT2D eigenvalue weighted by Crippen LogP contribution is -2.17. The Labute approximate surface area is 105 Å². The summed E-state index contributed by atoms with van der Waals surface area (Å²) in [5.74, 6) is 0.